The van der Waals surface area contributed by atoms with Gasteiger partial charge in [0, 0.05) is 10.9 Å². The first-order valence-corrected chi connectivity index (χ1v) is 8.50. The number of rotatable bonds is 6. The Balaban J connectivity index is 2.05. The van der Waals surface area contributed by atoms with Crippen molar-refractivity contribution >= 4 is 11.8 Å². The summed E-state index contributed by atoms with van der Waals surface area (Å²) < 4.78 is 13.9. The molecule has 0 heterocycles. The minimum absolute atomic E-state index is 0.0650. The summed E-state index contributed by atoms with van der Waals surface area (Å²) in [4.78, 5) is 0.747. The van der Waals surface area contributed by atoms with Crippen molar-refractivity contribution in [2.75, 3.05) is 12.8 Å². The van der Waals surface area contributed by atoms with Crippen LogP contribution in [-0.4, -0.2) is 18.8 Å². The monoisotopic (exact) mass is 281 g/mol. The maximum absolute atomic E-state index is 13.9. The molecule has 0 amide bonds. The Morgan fingerprint density at radius 1 is 1.37 bits per heavy atom. The molecule has 0 spiro atoms. The van der Waals surface area contributed by atoms with Crippen LogP contribution >= 0.6 is 11.8 Å². The highest BCUT2D eigenvalue weighted by molar-refractivity contribution is 7.98. The molecule has 1 fully saturated rings. The Labute approximate surface area is 120 Å². The fourth-order valence-corrected chi connectivity index (χ4v) is 3.60. The maximum atomic E-state index is 13.9. The molecule has 1 aliphatic carbocycles. The van der Waals surface area contributed by atoms with E-state index in [-0.39, 0.29) is 5.82 Å². The first-order valence-electron chi connectivity index (χ1n) is 7.28. The van der Waals surface area contributed by atoms with Crippen molar-refractivity contribution in [3.05, 3.63) is 29.6 Å². The van der Waals surface area contributed by atoms with Crippen LogP contribution in [0.5, 0.6) is 0 Å². The van der Waals surface area contributed by atoms with E-state index in [0.717, 1.165) is 24.3 Å². The van der Waals surface area contributed by atoms with Crippen LogP contribution in [-0.2, 0) is 0 Å². The van der Waals surface area contributed by atoms with Gasteiger partial charge in [-0.15, -0.1) is 11.8 Å². The number of thioether (sulfide) groups is 1. The second-order valence-electron chi connectivity index (χ2n) is 5.37. The smallest absolute Gasteiger partial charge is 0.137 e. The lowest BCUT2D eigenvalue weighted by Crippen LogP contribution is -2.49. The SMILES string of the molecule is CCCNC1CC(c2ccc(SC)c(F)c2)C1CC. The summed E-state index contributed by atoms with van der Waals surface area (Å²) in [6.07, 6.45) is 5.41. The lowest BCUT2D eigenvalue weighted by molar-refractivity contribution is 0.160. The van der Waals surface area contributed by atoms with Crippen molar-refractivity contribution in [1.82, 2.24) is 5.32 Å². The standard InChI is InChI=1S/C16H24FNS/c1-4-8-18-15-10-13(12(15)5-2)11-6-7-16(19-3)14(17)9-11/h6-7,9,12-13,15,18H,4-5,8,10H2,1-3H3. The van der Waals surface area contributed by atoms with Crippen molar-refractivity contribution in [3.8, 4) is 0 Å². The van der Waals surface area contributed by atoms with E-state index < -0.39 is 0 Å². The van der Waals surface area contributed by atoms with E-state index in [1.807, 2.05) is 12.3 Å². The summed E-state index contributed by atoms with van der Waals surface area (Å²) in [5, 5.41) is 3.61. The molecule has 1 saturated carbocycles. The van der Waals surface area contributed by atoms with Crippen LogP contribution in [0.25, 0.3) is 0 Å². The Morgan fingerprint density at radius 3 is 2.74 bits per heavy atom. The van der Waals surface area contributed by atoms with E-state index in [9.17, 15) is 4.39 Å². The van der Waals surface area contributed by atoms with Gasteiger partial charge in [-0.2, -0.15) is 0 Å². The van der Waals surface area contributed by atoms with Gasteiger partial charge in [-0.1, -0.05) is 26.3 Å². The average Bonchev–Trinajstić information content (AvgIpc) is 2.38. The van der Waals surface area contributed by atoms with Crippen LogP contribution in [0.3, 0.4) is 0 Å². The number of hydrogen-bond donors (Lipinski definition) is 1. The molecule has 1 nitrogen and oxygen atoms in total. The number of hydrogen-bond acceptors (Lipinski definition) is 2. The number of benzene rings is 1. The van der Waals surface area contributed by atoms with E-state index in [0.29, 0.717) is 17.9 Å². The van der Waals surface area contributed by atoms with Crippen molar-refractivity contribution in [3.63, 3.8) is 0 Å². The van der Waals surface area contributed by atoms with Gasteiger partial charge in [0.2, 0.25) is 0 Å². The predicted molar refractivity (Wildman–Crippen MR) is 81.4 cm³/mol. The fraction of sp³-hybridized carbons (Fsp3) is 0.625. The number of halogens is 1. The summed E-state index contributed by atoms with van der Waals surface area (Å²) in [6.45, 7) is 5.53. The molecule has 1 N–H and O–H groups in total. The average molecular weight is 281 g/mol. The molecule has 2 rings (SSSR count). The van der Waals surface area contributed by atoms with Gasteiger partial charge in [0.15, 0.2) is 0 Å². The molecule has 1 aliphatic rings. The zero-order chi connectivity index (χ0) is 13.8. The van der Waals surface area contributed by atoms with Crippen LogP contribution in [0, 0.1) is 11.7 Å². The molecule has 19 heavy (non-hydrogen) atoms. The van der Waals surface area contributed by atoms with E-state index in [1.54, 1.807) is 6.07 Å². The van der Waals surface area contributed by atoms with Crippen LogP contribution in [0.2, 0.25) is 0 Å². The molecule has 0 radical (unpaired) electrons. The van der Waals surface area contributed by atoms with Crippen molar-refractivity contribution in [1.29, 1.82) is 0 Å². The summed E-state index contributed by atoms with van der Waals surface area (Å²) in [5.74, 6) is 1.13. The van der Waals surface area contributed by atoms with Crippen molar-refractivity contribution in [2.45, 2.75) is 50.0 Å². The quantitative estimate of drug-likeness (QED) is 0.774. The lowest BCUT2D eigenvalue weighted by Gasteiger charge is -2.45. The molecule has 0 aromatic heterocycles. The highest BCUT2D eigenvalue weighted by atomic mass is 32.2. The Morgan fingerprint density at radius 2 is 2.16 bits per heavy atom. The zero-order valence-corrected chi connectivity index (χ0v) is 12.9. The third-order valence-corrected chi connectivity index (χ3v) is 5.04. The van der Waals surface area contributed by atoms with E-state index in [2.05, 4.69) is 25.2 Å². The zero-order valence-electron chi connectivity index (χ0n) is 12.1. The summed E-state index contributed by atoms with van der Waals surface area (Å²) in [5.41, 5.74) is 1.18. The van der Waals surface area contributed by atoms with Crippen molar-refractivity contribution in [2.24, 2.45) is 5.92 Å². The van der Waals surface area contributed by atoms with E-state index in [4.69, 9.17) is 0 Å². The Kier molecular flexibility index (Phi) is 5.28. The highest BCUT2D eigenvalue weighted by Crippen LogP contribution is 2.45. The molecule has 3 heteroatoms. The second-order valence-corrected chi connectivity index (χ2v) is 6.22. The summed E-state index contributed by atoms with van der Waals surface area (Å²) >= 11 is 1.47. The van der Waals surface area contributed by atoms with Gasteiger partial charge >= 0.3 is 0 Å². The minimum atomic E-state index is -0.0650. The third-order valence-electron chi connectivity index (χ3n) is 4.27. The molecule has 3 atom stereocenters. The summed E-state index contributed by atoms with van der Waals surface area (Å²) in [7, 11) is 0. The van der Waals surface area contributed by atoms with Gasteiger partial charge in [0.25, 0.3) is 0 Å². The third kappa shape index (κ3) is 3.14. The van der Waals surface area contributed by atoms with Crippen LogP contribution in [0.1, 0.15) is 44.6 Å². The molecule has 1 aromatic rings. The summed E-state index contributed by atoms with van der Waals surface area (Å²) in [6, 6.07) is 6.40. The van der Waals surface area contributed by atoms with Gasteiger partial charge in [-0.25, -0.2) is 4.39 Å². The van der Waals surface area contributed by atoms with E-state index in [1.165, 1.54) is 23.7 Å². The van der Waals surface area contributed by atoms with Gasteiger partial charge in [0.1, 0.15) is 5.82 Å². The topological polar surface area (TPSA) is 12.0 Å². The molecule has 0 saturated heterocycles. The van der Waals surface area contributed by atoms with Crippen LogP contribution in [0.15, 0.2) is 23.1 Å². The van der Waals surface area contributed by atoms with Gasteiger partial charge in [-0.3, -0.25) is 0 Å². The largest absolute Gasteiger partial charge is 0.314 e. The normalized spacial score (nSPS) is 26.2. The molecule has 106 valence electrons. The van der Waals surface area contributed by atoms with E-state index >= 15 is 0 Å². The van der Waals surface area contributed by atoms with Crippen LogP contribution < -0.4 is 5.32 Å². The molecule has 0 aliphatic heterocycles. The van der Waals surface area contributed by atoms with Crippen molar-refractivity contribution < 1.29 is 4.39 Å². The first-order chi connectivity index (χ1) is 9.21. The molecular formula is C16H24FNS. The van der Waals surface area contributed by atoms with Gasteiger partial charge in [-0.05, 0) is 55.2 Å². The highest BCUT2D eigenvalue weighted by Gasteiger charge is 2.40. The Bertz CT molecular complexity index is 421. The van der Waals surface area contributed by atoms with Gasteiger partial charge < -0.3 is 5.32 Å². The number of nitrogens with one attached hydrogen (secondary N) is 1. The fourth-order valence-electron chi connectivity index (χ4n) is 3.14. The predicted octanol–water partition coefficient (Wildman–Crippen LogP) is 4.43. The second kappa shape index (κ2) is 6.76. The first kappa shape index (κ1) is 14.9. The molecule has 0 bridgehead atoms. The lowest BCUT2D eigenvalue weighted by atomic mass is 9.65. The maximum Gasteiger partial charge on any atom is 0.137 e. The van der Waals surface area contributed by atoms with Gasteiger partial charge in [0.05, 0.1) is 0 Å². The Hall–Kier alpha value is -0.540. The minimum Gasteiger partial charge on any atom is -0.314 e. The molecule has 1 aromatic carbocycles. The molecule has 3 unspecified atom stereocenters. The molecular weight excluding hydrogens is 257 g/mol. The van der Waals surface area contributed by atoms with Crippen LogP contribution in [0.4, 0.5) is 4.39 Å².